The molecular weight excluding hydrogens is 456 g/mol. The Morgan fingerprint density at radius 3 is 2.18 bits per heavy atom. The van der Waals surface area contributed by atoms with Crippen molar-refractivity contribution in [1.29, 1.82) is 0 Å². The maximum absolute atomic E-state index is 12.6. The van der Waals surface area contributed by atoms with Crippen LogP contribution in [0.15, 0.2) is 77.3 Å². The van der Waals surface area contributed by atoms with Crippen molar-refractivity contribution >= 4 is 29.4 Å². The Morgan fingerprint density at radius 1 is 0.971 bits per heavy atom. The summed E-state index contributed by atoms with van der Waals surface area (Å²) in [6, 6.07) is 21.2. The zero-order chi connectivity index (χ0) is 24.2. The van der Waals surface area contributed by atoms with E-state index in [9.17, 15) is 9.59 Å². The minimum absolute atomic E-state index is 0.226. The van der Waals surface area contributed by atoms with Gasteiger partial charge in [0, 0.05) is 16.1 Å². The van der Waals surface area contributed by atoms with Crippen LogP contribution in [0.4, 0.5) is 10.5 Å². The van der Waals surface area contributed by atoms with Crippen LogP contribution < -0.4 is 5.32 Å². The van der Waals surface area contributed by atoms with Crippen molar-refractivity contribution in [2.45, 2.75) is 20.0 Å². The third-order valence-electron chi connectivity index (χ3n) is 5.33. The average Bonchev–Trinajstić information content (AvgIpc) is 3.19. The number of ether oxygens (including phenoxy) is 1. The van der Waals surface area contributed by atoms with Crippen molar-refractivity contribution in [2.75, 3.05) is 5.32 Å². The van der Waals surface area contributed by atoms with Gasteiger partial charge in [-0.25, -0.2) is 9.59 Å². The van der Waals surface area contributed by atoms with Gasteiger partial charge in [0.1, 0.15) is 17.5 Å². The second kappa shape index (κ2) is 9.80. The highest BCUT2D eigenvalue weighted by atomic mass is 35.5. The normalized spacial score (nSPS) is 11.6. The number of carboxylic acids is 1. The number of amides is 1. The van der Waals surface area contributed by atoms with Crippen molar-refractivity contribution in [1.82, 2.24) is 5.16 Å². The molecule has 8 heteroatoms. The van der Waals surface area contributed by atoms with Gasteiger partial charge in [-0.1, -0.05) is 71.4 Å². The van der Waals surface area contributed by atoms with Gasteiger partial charge >= 0.3 is 12.1 Å². The maximum Gasteiger partial charge on any atom is 0.412 e. The molecule has 1 atom stereocenters. The van der Waals surface area contributed by atoms with Gasteiger partial charge in [-0.05, 0) is 43.2 Å². The van der Waals surface area contributed by atoms with Gasteiger partial charge in [0.25, 0.3) is 0 Å². The van der Waals surface area contributed by atoms with Gasteiger partial charge in [0.2, 0.25) is 0 Å². The van der Waals surface area contributed by atoms with Crippen LogP contribution in [0.3, 0.4) is 0 Å². The van der Waals surface area contributed by atoms with E-state index in [0.29, 0.717) is 33.3 Å². The molecule has 4 aromatic rings. The van der Waals surface area contributed by atoms with E-state index in [-0.39, 0.29) is 5.56 Å². The summed E-state index contributed by atoms with van der Waals surface area (Å²) < 4.78 is 11.0. The molecule has 0 bridgehead atoms. The van der Waals surface area contributed by atoms with Crippen LogP contribution in [0.1, 0.15) is 34.6 Å². The van der Waals surface area contributed by atoms with Gasteiger partial charge < -0.3 is 14.4 Å². The average molecular weight is 477 g/mol. The number of anilines is 1. The van der Waals surface area contributed by atoms with Crippen LogP contribution in [-0.2, 0) is 4.74 Å². The molecule has 4 rings (SSSR count). The lowest BCUT2D eigenvalue weighted by Gasteiger charge is -2.15. The minimum Gasteiger partial charge on any atom is -0.478 e. The van der Waals surface area contributed by atoms with Crippen molar-refractivity contribution in [3.05, 3.63) is 94.6 Å². The quantitative estimate of drug-likeness (QED) is 0.311. The van der Waals surface area contributed by atoms with Gasteiger partial charge in [0.05, 0.1) is 5.56 Å². The predicted octanol–water partition coefficient (Wildman–Crippen LogP) is 6.98. The van der Waals surface area contributed by atoms with Crippen molar-refractivity contribution in [3.63, 3.8) is 0 Å². The minimum atomic E-state index is -0.970. The number of nitrogens with zero attached hydrogens (tertiary/aromatic N) is 1. The lowest BCUT2D eigenvalue weighted by Crippen LogP contribution is -2.17. The third-order valence-corrected chi connectivity index (χ3v) is 5.67. The number of carbonyl (C=O) groups is 2. The fourth-order valence-corrected chi connectivity index (χ4v) is 3.78. The summed E-state index contributed by atoms with van der Waals surface area (Å²) in [5.74, 6) is -0.574. The highest BCUT2D eigenvalue weighted by Crippen LogP contribution is 2.33. The molecule has 1 aromatic heterocycles. The zero-order valence-corrected chi connectivity index (χ0v) is 19.2. The van der Waals surface area contributed by atoms with Crippen LogP contribution in [0.25, 0.3) is 22.5 Å². The van der Waals surface area contributed by atoms with E-state index >= 15 is 0 Å². The number of hydrogen-bond donors (Lipinski definition) is 2. The fraction of sp³-hybridized carbons (Fsp3) is 0.115. The number of benzene rings is 3. The molecule has 7 nitrogen and oxygen atoms in total. The number of carboxylic acid groups (broad SMARTS) is 1. The van der Waals surface area contributed by atoms with Crippen LogP contribution in [0.2, 0.25) is 5.02 Å². The van der Waals surface area contributed by atoms with Crippen molar-refractivity contribution < 1.29 is 24.0 Å². The Bertz CT molecular complexity index is 1330. The van der Waals surface area contributed by atoms with Crippen molar-refractivity contribution in [3.8, 4) is 22.5 Å². The molecule has 0 aliphatic carbocycles. The predicted molar refractivity (Wildman–Crippen MR) is 129 cm³/mol. The molecule has 0 radical (unpaired) electrons. The van der Waals surface area contributed by atoms with Crippen LogP contribution in [0.5, 0.6) is 0 Å². The number of aryl methyl sites for hydroxylation is 1. The first-order valence-electron chi connectivity index (χ1n) is 10.5. The van der Waals surface area contributed by atoms with E-state index in [0.717, 1.165) is 11.1 Å². The smallest absolute Gasteiger partial charge is 0.412 e. The number of aromatic carboxylic acids is 1. The molecule has 1 heterocycles. The highest BCUT2D eigenvalue weighted by molar-refractivity contribution is 6.31. The molecule has 0 saturated heterocycles. The Balaban J connectivity index is 1.50. The van der Waals surface area contributed by atoms with Crippen LogP contribution >= 0.6 is 11.6 Å². The first-order chi connectivity index (χ1) is 16.3. The van der Waals surface area contributed by atoms with E-state index in [1.54, 1.807) is 50.2 Å². The first kappa shape index (κ1) is 23.1. The molecule has 0 aliphatic heterocycles. The van der Waals surface area contributed by atoms with E-state index < -0.39 is 18.2 Å². The van der Waals surface area contributed by atoms with E-state index in [1.807, 2.05) is 36.4 Å². The number of carbonyl (C=O) groups excluding carboxylic acids is 1. The van der Waals surface area contributed by atoms with Crippen LogP contribution in [-0.4, -0.2) is 22.3 Å². The molecule has 0 fully saturated rings. The van der Waals surface area contributed by atoms with Gasteiger partial charge in [-0.2, -0.15) is 0 Å². The van der Waals surface area contributed by atoms with Crippen molar-refractivity contribution in [2.24, 2.45) is 0 Å². The van der Waals surface area contributed by atoms with Gasteiger partial charge in [-0.3, -0.25) is 5.32 Å². The molecule has 34 heavy (non-hydrogen) atoms. The monoisotopic (exact) mass is 476 g/mol. The van der Waals surface area contributed by atoms with E-state index in [2.05, 4.69) is 10.5 Å². The Labute approximate surface area is 200 Å². The fourth-order valence-electron chi connectivity index (χ4n) is 3.49. The molecule has 1 amide bonds. The number of aromatic nitrogens is 1. The van der Waals surface area contributed by atoms with E-state index in [4.69, 9.17) is 26.0 Å². The number of halogens is 1. The topological polar surface area (TPSA) is 102 Å². The summed E-state index contributed by atoms with van der Waals surface area (Å²) in [6.45, 7) is 3.46. The lowest BCUT2D eigenvalue weighted by molar-refractivity contribution is 0.0696. The maximum atomic E-state index is 12.6. The summed E-state index contributed by atoms with van der Waals surface area (Å²) in [4.78, 5) is 23.6. The number of nitrogens with one attached hydrogen (secondary N) is 1. The first-order valence-corrected chi connectivity index (χ1v) is 10.8. The second-order valence-corrected chi connectivity index (χ2v) is 8.03. The lowest BCUT2D eigenvalue weighted by atomic mass is 10.0. The molecule has 172 valence electrons. The Hall–Kier alpha value is -4.10. The summed E-state index contributed by atoms with van der Waals surface area (Å²) in [5, 5.41) is 16.3. The highest BCUT2D eigenvalue weighted by Gasteiger charge is 2.20. The van der Waals surface area contributed by atoms with Crippen LogP contribution in [0, 0.1) is 6.92 Å². The number of rotatable bonds is 6. The van der Waals surface area contributed by atoms with E-state index in [1.165, 1.54) is 0 Å². The third kappa shape index (κ3) is 4.94. The summed E-state index contributed by atoms with van der Waals surface area (Å²) in [6.07, 6.45) is -1.21. The molecule has 0 saturated carbocycles. The molecule has 3 aromatic carbocycles. The molecule has 1 unspecified atom stereocenters. The summed E-state index contributed by atoms with van der Waals surface area (Å²) in [5.41, 5.74) is 4.33. The Morgan fingerprint density at radius 2 is 1.56 bits per heavy atom. The Kier molecular flexibility index (Phi) is 6.65. The van der Waals surface area contributed by atoms with Gasteiger partial charge in [-0.15, -0.1) is 0 Å². The zero-order valence-electron chi connectivity index (χ0n) is 18.4. The molecule has 2 N–H and O–H groups in total. The SMILES string of the molecule is Cc1noc(-c2ccc(-c3ccc(C(=O)O)cc3)cc2)c1NC(=O)OC(C)c1ccccc1Cl. The summed E-state index contributed by atoms with van der Waals surface area (Å²) in [7, 11) is 0. The summed E-state index contributed by atoms with van der Waals surface area (Å²) >= 11 is 6.19. The van der Waals surface area contributed by atoms with Gasteiger partial charge in [0.15, 0.2) is 5.76 Å². The largest absolute Gasteiger partial charge is 0.478 e. The standard InChI is InChI=1S/C26H21ClN2O5/c1-15-23(28-26(32)33-16(2)21-5-3-4-6-22(21)27)24(34-29-15)19-11-7-17(8-12-19)18-9-13-20(14-10-18)25(30)31/h3-14,16H,1-2H3,(H,28,32)(H,30,31). The second-order valence-electron chi connectivity index (χ2n) is 7.63. The molecule has 0 aliphatic rings. The molecular formula is C26H21ClN2O5. The number of hydrogen-bond acceptors (Lipinski definition) is 5. The molecule has 0 spiro atoms.